The van der Waals surface area contributed by atoms with Crippen LogP contribution in [0.2, 0.25) is 5.02 Å². The van der Waals surface area contributed by atoms with Crippen LogP contribution >= 0.6 is 27.5 Å². The molecular weight excluding hydrogens is 436 g/mol. The first-order valence-electron chi connectivity index (χ1n) is 7.85. The van der Waals surface area contributed by atoms with Crippen LogP contribution in [-0.4, -0.2) is 35.1 Å². The highest BCUT2D eigenvalue weighted by molar-refractivity contribution is 9.10. The van der Waals surface area contributed by atoms with E-state index < -0.39 is 5.91 Å². The summed E-state index contributed by atoms with van der Waals surface area (Å²) in [5, 5.41) is 11.3. The van der Waals surface area contributed by atoms with Crippen LogP contribution in [0.3, 0.4) is 0 Å². The maximum Gasteiger partial charge on any atom is 0.278 e. The number of carbonyl (C=O) groups excluding carboxylic acids is 1. The van der Waals surface area contributed by atoms with Gasteiger partial charge in [0.25, 0.3) is 5.91 Å². The molecule has 7 nitrogen and oxygen atoms in total. The summed E-state index contributed by atoms with van der Waals surface area (Å²) in [6.07, 6.45) is 0. The van der Waals surface area contributed by atoms with Crippen molar-refractivity contribution in [3.63, 3.8) is 0 Å². The Balaban J connectivity index is 1.92. The fourth-order valence-corrected chi connectivity index (χ4v) is 3.15. The third-order valence-corrected chi connectivity index (χ3v) is 4.67. The van der Waals surface area contributed by atoms with Crippen molar-refractivity contribution in [1.29, 1.82) is 0 Å². The normalized spacial score (nSPS) is 10.6. The monoisotopic (exact) mass is 450 g/mol. The number of nitrogens with one attached hydrogen (secondary N) is 1. The number of nitrogens with zero attached hydrogens (tertiary/aromatic N) is 3. The number of amides is 1. The Bertz CT molecular complexity index is 1010. The first-order valence-corrected chi connectivity index (χ1v) is 9.02. The smallest absolute Gasteiger partial charge is 0.278 e. The van der Waals surface area contributed by atoms with Gasteiger partial charge in [0, 0.05) is 16.6 Å². The lowest BCUT2D eigenvalue weighted by Crippen LogP contribution is -2.15. The Labute approximate surface area is 169 Å². The van der Waals surface area contributed by atoms with Gasteiger partial charge in [-0.3, -0.25) is 4.79 Å². The van der Waals surface area contributed by atoms with E-state index in [4.69, 9.17) is 21.1 Å². The second-order valence-electron chi connectivity index (χ2n) is 5.56. The fraction of sp³-hybridized carbons (Fsp3) is 0.167. The molecule has 0 saturated carbocycles. The Hall–Kier alpha value is -2.58. The number of rotatable bonds is 5. The molecule has 3 rings (SSSR count). The van der Waals surface area contributed by atoms with Gasteiger partial charge in [0.05, 0.1) is 36.3 Å². The zero-order chi connectivity index (χ0) is 19.6. The second-order valence-corrected chi connectivity index (χ2v) is 6.88. The molecule has 0 radical (unpaired) electrons. The zero-order valence-electron chi connectivity index (χ0n) is 14.8. The molecule has 2 aromatic carbocycles. The van der Waals surface area contributed by atoms with Crippen LogP contribution in [0.5, 0.6) is 11.5 Å². The number of anilines is 1. The van der Waals surface area contributed by atoms with Crippen LogP contribution < -0.4 is 14.8 Å². The summed E-state index contributed by atoms with van der Waals surface area (Å²) in [6, 6.07) is 10.7. The molecule has 1 amide bonds. The number of methoxy groups -OCH3 is 2. The van der Waals surface area contributed by atoms with Crippen LogP contribution in [0.1, 0.15) is 16.2 Å². The van der Waals surface area contributed by atoms with Crippen molar-refractivity contribution >= 4 is 39.1 Å². The Kier molecular flexibility index (Phi) is 5.67. The average molecular weight is 452 g/mol. The molecule has 0 spiro atoms. The Morgan fingerprint density at radius 1 is 1.19 bits per heavy atom. The van der Waals surface area contributed by atoms with Crippen LogP contribution in [0.25, 0.3) is 5.69 Å². The number of hydrogen-bond donors (Lipinski definition) is 1. The lowest BCUT2D eigenvalue weighted by molar-refractivity contribution is 0.102. The molecule has 140 valence electrons. The predicted molar refractivity (Wildman–Crippen MR) is 106 cm³/mol. The van der Waals surface area contributed by atoms with Crippen molar-refractivity contribution in [1.82, 2.24) is 15.0 Å². The Morgan fingerprint density at radius 2 is 1.93 bits per heavy atom. The van der Waals surface area contributed by atoms with E-state index in [9.17, 15) is 4.79 Å². The number of hydrogen-bond acceptors (Lipinski definition) is 5. The number of benzene rings is 2. The summed E-state index contributed by atoms with van der Waals surface area (Å²) in [7, 11) is 2.98. The standard InChI is InChI=1S/C18H16BrClN4O3/c1-10-17(22-23-24(10)12-6-4-5-11(19)7-12)18(25)21-14-9-15(26-2)13(20)8-16(14)27-3/h4-9H,1-3H3,(H,21,25). The largest absolute Gasteiger partial charge is 0.495 e. The van der Waals surface area contributed by atoms with Gasteiger partial charge in [0.15, 0.2) is 5.69 Å². The number of aromatic nitrogens is 3. The van der Waals surface area contributed by atoms with Gasteiger partial charge in [0.1, 0.15) is 11.5 Å². The molecule has 0 aliphatic rings. The lowest BCUT2D eigenvalue weighted by Gasteiger charge is -2.12. The van der Waals surface area contributed by atoms with E-state index in [0.29, 0.717) is 27.9 Å². The molecule has 1 aromatic heterocycles. The van der Waals surface area contributed by atoms with E-state index in [1.807, 2.05) is 24.3 Å². The number of carbonyl (C=O) groups is 1. The summed E-state index contributed by atoms with van der Waals surface area (Å²) in [5.74, 6) is 0.407. The molecule has 9 heteroatoms. The highest BCUT2D eigenvalue weighted by Gasteiger charge is 2.20. The summed E-state index contributed by atoms with van der Waals surface area (Å²) in [6.45, 7) is 1.77. The van der Waals surface area contributed by atoms with E-state index in [0.717, 1.165) is 10.2 Å². The van der Waals surface area contributed by atoms with Crippen LogP contribution in [0, 0.1) is 6.92 Å². The van der Waals surface area contributed by atoms with Gasteiger partial charge in [-0.1, -0.05) is 38.8 Å². The summed E-state index contributed by atoms with van der Waals surface area (Å²) >= 11 is 9.52. The van der Waals surface area contributed by atoms with Crippen molar-refractivity contribution in [2.45, 2.75) is 6.92 Å². The van der Waals surface area contributed by atoms with Crippen LogP contribution in [-0.2, 0) is 0 Å². The van der Waals surface area contributed by atoms with E-state index in [1.54, 1.807) is 23.7 Å². The third kappa shape index (κ3) is 3.91. The minimum Gasteiger partial charge on any atom is -0.495 e. The maximum absolute atomic E-state index is 12.7. The van der Waals surface area contributed by atoms with Gasteiger partial charge in [-0.15, -0.1) is 5.10 Å². The summed E-state index contributed by atoms with van der Waals surface area (Å²) in [4.78, 5) is 12.7. The molecule has 0 atom stereocenters. The summed E-state index contributed by atoms with van der Waals surface area (Å²) < 4.78 is 13.0. The highest BCUT2D eigenvalue weighted by Crippen LogP contribution is 2.36. The van der Waals surface area contributed by atoms with Gasteiger partial charge in [-0.2, -0.15) is 0 Å². The van der Waals surface area contributed by atoms with Crippen molar-refractivity contribution < 1.29 is 14.3 Å². The lowest BCUT2D eigenvalue weighted by atomic mass is 10.2. The minimum atomic E-state index is -0.420. The molecule has 0 aliphatic heterocycles. The number of halogens is 2. The van der Waals surface area contributed by atoms with Crippen molar-refractivity contribution in [3.8, 4) is 17.2 Å². The second kappa shape index (κ2) is 7.98. The van der Waals surface area contributed by atoms with Crippen molar-refractivity contribution in [2.75, 3.05) is 19.5 Å². The fourth-order valence-electron chi connectivity index (χ4n) is 2.53. The summed E-state index contributed by atoms with van der Waals surface area (Å²) in [5.41, 5.74) is 2.01. The molecular formula is C18H16BrClN4O3. The molecule has 27 heavy (non-hydrogen) atoms. The van der Waals surface area contributed by atoms with E-state index >= 15 is 0 Å². The molecule has 0 unspecified atom stereocenters. The average Bonchev–Trinajstić information content (AvgIpc) is 3.04. The minimum absolute atomic E-state index is 0.200. The molecule has 0 aliphatic carbocycles. The quantitative estimate of drug-likeness (QED) is 0.627. The first-order chi connectivity index (χ1) is 12.9. The maximum atomic E-state index is 12.7. The van der Waals surface area contributed by atoms with Crippen molar-refractivity contribution in [3.05, 3.63) is 57.3 Å². The highest BCUT2D eigenvalue weighted by atomic mass is 79.9. The van der Waals surface area contributed by atoms with Gasteiger partial charge >= 0.3 is 0 Å². The van der Waals surface area contributed by atoms with E-state index in [-0.39, 0.29) is 5.69 Å². The van der Waals surface area contributed by atoms with Gasteiger partial charge in [0.2, 0.25) is 0 Å². The molecule has 0 bridgehead atoms. The molecule has 1 N–H and O–H groups in total. The molecule has 0 fully saturated rings. The first kappa shape index (κ1) is 19.2. The van der Waals surface area contributed by atoms with Crippen LogP contribution in [0.15, 0.2) is 40.9 Å². The molecule has 0 saturated heterocycles. The number of ether oxygens (including phenoxy) is 2. The van der Waals surface area contributed by atoms with Gasteiger partial charge in [-0.25, -0.2) is 4.68 Å². The van der Waals surface area contributed by atoms with E-state index in [1.165, 1.54) is 14.2 Å². The topological polar surface area (TPSA) is 78.3 Å². The third-order valence-electron chi connectivity index (χ3n) is 3.88. The van der Waals surface area contributed by atoms with Gasteiger partial charge in [-0.05, 0) is 25.1 Å². The predicted octanol–water partition coefficient (Wildman–Crippen LogP) is 4.26. The van der Waals surface area contributed by atoms with E-state index in [2.05, 4.69) is 31.6 Å². The Morgan fingerprint density at radius 3 is 2.59 bits per heavy atom. The van der Waals surface area contributed by atoms with Crippen molar-refractivity contribution in [2.24, 2.45) is 0 Å². The van der Waals surface area contributed by atoms with Crippen LogP contribution in [0.4, 0.5) is 5.69 Å². The zero-order valence-corrected chi connectivity index (χ0v) is 17.1. The van der Waals surface area contributed by atoms with Gasteiger partial charge < -0.3 is 14.8 Å². The molecule has 1 heterocycles. The molecule has 3 aromatic rings. The SMILES string of the molecule is COc1cc(NC(=O)c2nnn(-c3cccc(Br)c3)c2C)c(OC)cc1Cl.